The first-order chi connectivity index (χ1) is 4.41. The Morgan fingerprint density at radius 1 is 1.33 bits per heavy atom. The molecule has 1 heteroatoms. The minimum atomic E-state index is 1.04. The van der Waals surface area contributed by atoms with Gasteiger partial charge in [0.05, 0.1) is 6.26 Å². The minimum absolute atomic E-state index is 1.04. The van der Waals surface area contributed by atoms with Gasteiger partial charge in [-0.05, 0) is 12.5 Å². The Bertz CT molecular complexity index is 92.7. The molecule has 0 aromatic carbocycles. The lowest BCUT2D eigenvalue weighted by Gasteiger charge is -1.84. The van der Waals surface area contributed by atoms with Crippen molar-refractivity contribution in [2.75, 3.05) is 0 Å². The molecule has 0 aliphatic rings. The van der Waals surface area contributed by atoms with E-state index < -0.39 is 0 Å². The molecule has 0 amide bonds. The summed E-state index contributed by atoms with van der Waals surface area (Å²) in [6.07, 6.45) is 10.1. The third-order valence-corrected chi connectivity index (χ3v) is 1.06. The van der Waals surface area contributed by atoms with Gasteiger partial charge in [-0.25, -0.2) is 0 Å². The van der Waals surface area contributed by atoms with Crippen molar-refractivity contribution in [1.82, 2.24) is 0 Å². The second-order valence-electron chi connectivity index (χ2n) is 1.91. The predicted octanol–water partition coefficient (Wildman–Crippen LogP) is 2.80. The van der Waals surface area contributed by atoms with Crippen LogP contribution >= 0.6 is 0 Å². The molecule has 0 radical (unpaired) electrons. The molecule has 0 aromatic heterocycles. The molecule has 52 valence electrons. The fourth-order valence-corrected chi connectivity index (χ4v) is 0.546. The highest BCUT2D eigenvalue weighted by atomic mass is 16.2. The molecule has 0 rings (SSSR count). The Morgan fingerprint density at radius 3 is 2.67 bits per heavy atom. The zero-order valence-corrected chi connectivity index (χ0v) is 5.88. The van der Waals surface area contributed by atoms with Crippen LogP contribution in [0.25, 0.3) is 0 Å². The third-order valence-electron chi connectivity index (χ3n) is 1.06. The summed E-state index contributed by atoms with van der Waals surface area (Å²) in [5.41, 5.74) is 0. The zero-order valence-electron chi connectivity index (χ0n) is 5.88. The van der Waals surface area contributed by atoms with Gasteiger partial charge in [-0.1, -0.05) is 31.9 Å². The molecule has 0 aliphatic heterocycles. The Labute approximate surface area is 56.7 Å². The molecule has 0 atom stereocenters. The first-order valence-electron chi connectivity index (χ1n) is 3.37. The van der Waals surface area contributed by atoms with E-state index in [0.29, 0.717) is 0 Å². The molecule has 0 spiro atoms. The Hall–Kier alpha value is -0.720. The fourth-order valence-electron chi connectivity index (χ4n) is 0.546. The summed E-state index contributed by atoms with van der Waals surface area (Å²) in [6.45, 7) is 2.16. The smallest absolute Gasteiger partial charge is 0.0791 e. The van der Waals surface area contributed by atoms with Crippen LogP contribution in [0.15, 0.2) is 24.5 Å². The second-order valence-corrected chi connectivity index (χ2v) is 1.91. The van der Waals surface area contributed by atoms with E-state index in [2.05, 4.69) is 13.0 Å². The summed E-state index contributed by atoms with van der Waals surface area (Å²) >= 11 is 0. The highest BCUT2D eigenvalue weighted by Gasteiger charge is 1.74. The number of aliphatic hydroxyl groups is 1. The van der Waals surface area contributed by atoms with E-state index in [4.69, 9.17) is 5.11 Å². The molecule has 0 aliphatic carbocycles. The van der Waals surface area contributed by atoms with Crippen LogP contribution in [0.4, 0.5) is 0 Å². The van der Waals surface area contributed by atoms with E-state index in [9.17, 15) is 0 Å². The lowest BCUT2D eigenvalue weighted by atomic mass is 10.2. The molecule has 1 N–H and O–H groups in total. The number of unbranched alkanes of at least 4 members (excludes halogenated alkanes) is 2. The number of hydrogen-bond acceptors (Lipinski definition) is 1. The van der Waals surface area contributed by atoms with Crippen molar-refractivity contribution in [2.24, 2.45) is 0 Å². The third kappa shape index (κ3) is 7.28. The summed E-state index contributed by atoms with van der Waals surface area (Å²) in [5.74, 6) is 0. The van der Waals surface area contributed by atoms with Gasteiger partial charge in [-0.3, -0.25) is 0 Å². The van der Waals surface area contributed by atoms with Crippen LogP contribution in [0.3, 0.4) is 0 Å². The lowest BCUT2D eigenvalue weighted by molar-refractivity contribution is 0.473. The molecule has 0 fully saturated rings. The monoisotopic (exact) mass is 126 g/mol. The van der Waals surface area contributed by atoms with Gasteiger partial charge in [0.25, 0.3) is 0 Å². The van der Waals surface area contributed by atoms with Crippen molar-refractivity contribution in [3.05, 3.63) is 24.5 Å². The normalized spacial score (nSPS) is 11.7. The molecule has 0 saturated heterocycles. The van der Waals surface area contributed by atoms with E-state index >= 15 is 0 Å². The Kier molecular flexibility index (Phi) is 6.70. The van der Waals surface area contributed by atoms with Gasteiger partial charge in [0.15, 0.2) is 0 Å². The van der Waals surface area contributed by atoms with Crippen LogP contribution in [0.1, 0.15) is 26.2 Å². The van der Waals surface area contributed by atoms with Gasteiger partial charge < -0.3 is 5.11 Å². The molecular formula is C8H14O. The summed E-state index contributed by atoms with van der Waals surface area (Å²) in [7, 11) is 0. The highest BCUT2D eigenvalue weighted by molar-refractivity contribution is 4.98. The molecule has 0 saturated carbocycles. The molecule has 9 heavy (non-hydrogen) atoms. The van der Waals surface area contributed by atoms with Gasteiger partial charge in [0.2, 0.25) is 0 Å². The van der Waals surface area contributed by atoms with Gasteiger partial charge in [-0.15, -0.1) is 0 Å². The Balaban J connectivity index is 3.04. The van der Waals surface area contributed by atoms with Crippen molar-refractivity contribution in [3.63, 3.8) is 0 Å². The van der Waals surface area contributed by atoms with E-state index in [-0.39, 0.29) is 0 Å². The summed E-state index contributed by atoms with van der Waals surface area (Å²) in [4.78, 5) is 0. The number of allylic oxidation sites excluding steroid dienone is 3. The fraction of sp³-hybridized carbons (Fsp3) is 0.500. The quantitative estimate of drug-likeness (QED) is 0.349. The molecule has 1 nitrogen and oxygen atoms in total. The van der Waals surface area contributed by atoms with Gasteiger partial charge in [-0.2, -0.15) is 0 Å². The zero-order chi connectivity index (χ0) is 6.95. The maximum Gasteiger partial charge on any atom is 0.0791 e. The highest BCUT2D eigenvalue weighted by Crippen LogP contribution is 1.94. The summed E-state index contributed by atoms with van der Waals surface area (Å²) in [5, 5.41) is 8.19. The molecular weight excluding hydrogens is 112 g/mol. The van der Waals surface area contributed by atoms with Crippen LogP contribution in [-0.4, -0.2) is 5.11 Å². The Morgan fingerprint density at radius 2 is 2.11 bits per heavy atom. The number of hydrogen-bond donors (Lipinski definition) is 1. The second kappa shape index (κ2) is 7.28. The van der Waals surface area contributed by atoms with E-state index in [0.717, 1.165) is 12.7 Å². The maximum atomic E-state index is 8.19. The van der Waals surface area contributed by atoms with Gasteiger partial charge in [0.1, 0.15) is 0 Å². The molecule has 0 bridgehead atoms. The summed E-state index contributed by atoms with van der Waals surface area (Å²) < 4.78 is 0. The van der Waals surface area contributed by atoms with Crippen molar-refractivity contribution in [3.8, 4) is 0 Å². The van der Waals surface area contributed by atoms with Crippen molar-refractivity contribution < 1.29 is 5.11 Å². The maximum absolute atomic E-state index is 8.19. The van der Waals surface area contributed by atoms with Crippen LogP contribution in [0, 0.1) is 0 Å². The predicted molar refractivity (Wildman–Crippen MR) is 40.4 cm³/mol. The largest absolute Gasteiger partial charge is 0.516 e. The van der Waals surface area contributed by atoms with Crippen molar-refractivity contribution >= 4 is 0 Å². The van der Waals surface area contributed by atoms with Gasteiger partial charge in [0, 0.05) is 0 Å². The van der Waals surface area contributed by atoms with Crippen LogP contribution in [-0.2, 0) is 0 Å². The topological polar surface area (TPSA) is 20.2 Å². The number of rotatable bonds is 4. The van der Waals surface area contributed by atoms with E-state index in [1.165, 1.54) is 12.8 Å². The molecule has 0 aromatic rings. The number of aliphatic hydroxyl groups excluding tert-OH is 1. The van der Waals surface area contributed by atoms with E-state index in [1.807, 2.05) is 6.08 Å². The SMILES string of the molecule is CCCCC=C/C=C\O. The average molecular weight is 126 g/mol. The van der Waals surface area contributed by atoms with E-state index in [1.54, 1.807) is 6.08 Å². The first kappa shape index (κ1) is 8.28. The van der Waals surface area contributed by atoms with Crippen LogP contribution in [0.5, 0.6) is 0 Å². The summed E-state index contributed by atoms with van der Waals surface area (Å²) in [6, 6.07) is 0. The van der Waals surface area contributed by atoms with Crippen LogP contribution in [0.2, 0.25) is 0 Å². The van der Waals surface area contributed by atoms with Crippen molar-refractivity contribution in [1.29, 1.82) is 0 Å². The molecule has 0 unspecified atom stereocenters. The van der Waals surface area contributed by atoms with Crippen molar-refractivity contribution in [2.45, 2.75) is 26.2 Å². The van der Waals surface area contributed by atoms with Crippen LogP contribution < -0.4 is 0 Å². The average Bonchev–Trinajstić information content (AvgIpc) is 1.89. The first-order valence-corrected chi connectivity index (χ1v) is 3.37. The standard InChI is InChI=1S/C8H14O/c1-2-3-4-5-6-7-8-9/h5-9H,2-4H2,1H3/b6-5?,8-7-. The van der Waals surface area contributed by atoms with Gasteiger partial charge >= 0.3 is 0 Å². The molecule has 0 heterocycles. The minimum Gasteiger partial charge on any atom is -0.516 e. The lowest BCUT2D eigenvalue weighted by Crippen LogP contribution is -1.64.